The number of ether oxygens (including phenoxy) is 2. The Labute approximate surface area is 89.1 Å². The van der Waals surface area contributed by atoms with Crippen LogP contribution in [-0.4, -0.2) is 22.6 Å². The van der Waals surface area contributed by atoms with Gasteiger partial charge >= 0.3 is 0 Å². The number of rotatable bonds is 4. The summed E-state index contributed by atoms with van der Waals surface area (Å²) in [5.74, 6) is 0.570. The second kappa shape index (κ2) is 4.35. The van der Waals surface area contributed by atoms with Gasteiger partial charge in [-0.05, 0) is 12.1 Å². The van der Waals surface area contributed by atoms with Crippen molar-refractivity contribution in [1.29, 1.82) is 0 Å². The molecule has 1 aromatic carbocycles. The molecule has 1 aromatic rings. The lowest BCUT2D eigenvalue weighted by Crippen LogP contribution is -2.01. The number of hydrogen-bond acceptors (Lipinski definition) is 4. The molecule has 0 atom stereocenters. The Balaban J connectivity index is 3.49. The number of hydrogen-bond donors (Lipinski definition) is 0. The predicted molar refractivity (Wildman–Crippen MR) is 56.9 cm³/mol. The Morgan fingerprint density at radius 2 is 1.93 bits per heavy atom. The van der Waals surface area contributed by atoms with Gasteiger partial charge in [0.05, 0.1) is 14.2 Å². The molecule has 4 nitrogen and oxygen atoms in total. The minimum atomic E-state index is -3.51. The summed E-state index contributed by atoms with van der Waals surface area (Å²) in [5.41, 5.74) is 0. The quantitative estimate of drug-likeness (QED) is 0.785. The van der Waals surface area contributed by atoms with Crippen LogP contribution in [0.4, 0.5) is 0 Å². The van der Waals surface area contributed by atoms with Crippen molar-refractivity contribution in [1.82, 2.24) is 0 Å². The fourth-order valence-electron chi connectivity index (χ4n) is 1.17. The predicted octanol–water partition coefficient (Wildman–Crippen LogP) is 1.62. The smallest absolute Gasteiger partial charge is 0.203 e. The Morgan fingerprint density at radius 1 is 1.27 bits per heavy atom. The third kappa shape index (κ3) is 2.12. The number of sulfone groups is 1. The molecule has 0 aliphatic carbocycles. The van der Waals surface area contributed by atoms with E-state index in [9.17, 15) is 8.42 Å². The summed E-state index contributed by atoms with van der Waals surface area (Å²) >= 11 is 0. The molecule has 0 radical (unpaired) electrons. The van der Waals surface area contributed by atoms with Crippen molar-refractivity contribution in [2.24, 2.45) is 0 Å². The van der Waals surface area contributed by atoms with E-state index in [0.717, 1.165) is 5.41 Å². The minimum absolute atomic E-state index is 0.0550. The van der Waals surface area contributed by atoms with E-state index in [0.29, 0.717) is 5.75 Å². The molecule has 0 aliphatic rings. The van der Waals surface area contributed by atoms with Crippen LogP contribution in [0.2, 0.25) is 0 Å². The van der Waals surface area contributed by atoms with Crippen LogP contribution in [0.15, 0.2) is 35.1 Å². The van der Waals surface area contributed by atoms with Crippen molar-refractivity contribution >= 4 is 9.84 Å². The third-order valence-electron chi connectivity index (χ3n) is 1.89. The molecular weight excluding hydrogens is 216 g/mol. The van der Waals surface area contributed by atoms with Gasteiger partial charge in [0.1, 0.15) is 4.90 Å². The fourth-order valence-corrected chi connectivity index (χ4v) is 2.06. The van der Waals surface area contributed by atoms with E-state index in [4.69, 9.17) is 9.47 Å². The van der Waals surface area contributed by atoms with Gasteiger partial charge in [0, 0.05) is 5.41 Å². The van der Waals surface area contributed by atoms with Gasteiger partial charge < -0.3 is 9.47 Å². The van der Waals surface area contributed by atoms with E-state index in [1.807, 2.05) is 0 Å². The number of benzene rings is 1. The van der Waals surface area contributed by atoms with Crippen LogP contribution in [0.1, 0.15) is 0 Å². The van der Waals surface area contributed by atoms with Gasteiger partial charge in [-0.2, -0.15) is 0 Å². The molecule has 0 amide bonds. The van der Waals surface area contributed by atoms with Crippen molar-refractivity contribution in [3.8, 4) is 11.5 Å². The molecule has 0 saturated heterocycles. The van der Waals surface area contributed by atoms with Crippen LogP contribution in [0, 0.1) is 0 Å². The average Bonchev–Trinajstić information content (AvgIpc) is 2.27. The molecule has 5 heteroatoms. The van der Waals surface area contributed by atoms with E-state index >= 15 is 0 Å². The van der Waals surface area contributed by atoms with Crippen LogP contribution in [-0.2, 0) is 9.84 Å². The normalized spacial score (nSPS) is 10.8. The van der Waals surface area contributed by atoms with Gasteiger partial charge in [-0.15, -0.1) is 0 Å². The van der Waals surface area contributed by atoms with Gasteiger partial charge in [0.2, 0.25) is 9.84 Å². The molecule has 0 saturated carbocycles. The highest BCUT2D eigenvalue weighted by Crippen LogP contribution is 2.34. The first-order chi connectivity index (χ1) is 7.06. The molecule has 0 aromatic heterocycles. The third-order valence-corrected chi connectivity index (χ3v) is 3.27. The van der Waals surface area contributed by atoms with Crippen molar-refractivity contribution < 1.29 is 17.9 Å². The van der Waals surface area contributed by atoms with Gasteiger partial charge in [-0.1, -0.05) is 12.6 Å². The lowest BCUT2D eigenvalue weighted by molar-refractivity contribution is 0.347. The van der Waals surface area contributed by atoms with Gasteiger partial charge in [0.25, 0.3) is 0 Å². The number of para-hydroxylation sites is 1. The first kappa shape index (κ1) is 11.6. The molecule has 0 N–H and O–H groups in total. The highest BCUT2D eigenvalue weighted by atomic mass is 32.2. The Kier molecular flexibility index (Phi) is 3.36. The van der Waals surface area contributed by atoms with Gasteiger partial charge in [-0.25, -0.2) is 8.42 Å². The Bertz CT molecular complexity index is 462. The van der Waals surface area contributed by atoms with Gasteiger partial charge in [-0.3, -0.25) is 0 Å². The summed E-state index contributed by atoms with van der Waals surface area (Å²) in [6, 6.07) is 4.65. The molecule has 0 unspecified atom stereocenters. The van der Waals surface area contributed by atoms with E-state index in [2.05, 4.69) is 6.58 Å². The molecule has 0 heterocycles. The van der Waals surface area contributed by atoms with Crippen LogP contribution in [0.5, 0.6) is 11.5 Å². The highest BCUT2D eigenvalue weighted by Gasteiger charge is 2.19. The number of methoxy groups -OCH3 is 2. The lowest BCUT2D eigenvalue weighted by Gasteiger charge is -2.10. The molecule has 0 aliphatic heterocycles. The fraction of sp³-hybridized carbons (Fsp3) is 0.200. The van der Waals surface area contributed by atoms with Crippen LogP contribution < -0.4 is 9.47 Å². The maximum atomic E-state index is 11.6. The summed E-state index contributed by atoms with van der Waals surface area (Å²) in [6.45, 7) is 3.26. The molecule has 0 spiro atoms. The van der Waals surface area contributed by atoms with Crippen LogP contribution in [0.3, 0.4) is 0 Å². The minimum Gasteiger partial charge on any atom is -0.493 e. The van der Waals surface area contributed by atoms with Crippen molar-refractivity contribution in [3.05, 3.63) is 30.2 Å². The van der Waals surface area contributed by atoms with E-state index in [1.165, 1.54) is 20.3 Å². The standard InChI is InChI=1S/C10H12O4S/c1-4-15(11,12)9-7-5-6-8(13-2)10(9)14-3/h4-7H,1H2,2-3H3. The molecule has 15 heavy (non-hydrogen) atoms. The van der Waals surface area contributed by atoms with Crippen molar-refractivity contribution in [2.45, 2.75) is 4.90 Å². The first-order valence-electron chi connectivity index (χ1n) is 4.15. The zero-order valence-electron chi connectivity index (χ0n) is 8.56. The largest absolute Gasteiger partial charge is 0.493 e. The second-order valence-electron chi connectivity index (χ2n) is 2.70. The first-order valence-corrected chi connectivity index (χ1v) is 5.70. The monoisotopic (exact) mass is 228 g/mol. The van der Waals surface area contributed by atoms with Crippen LogP contribution in [0.25, 0.3) is 0 Å². The van der Waals surface area contributed by atoms with Crippen LogP contribution >= 0.6 is 0 Å². The molecular formula is C10H12O4S. The van der Waals surface area contributed by atoms with Gasteiger partial charge in [0.15, 0.2) is 11.5 Å². The Hall–Kier alpha value is -1.49. The summed E-state index contributed by atoms with van der Waals surface area (Å²) in [7, 11) is -0.679. The average molecular weight is 228 g/mol. The summed E-state index contributed by atoms with van der Waals surface area (Å²) in [5, 5.41) is 0.879. The van der Waals surface area contributed by atoms with E-state index < -0.39 is 9.84 Å². The Morgan fingerprint density at radius 3 is 2.40 bits per heavy atom. The summed E-state index contributed by atoms with van der Waals surface area (Å²) in [4.78, 5) is 0.0550. The zero-order valence-corrected chi connectivity index (χ0v) is 9.37. The molecule has 82 valence electrons. The molecule has 0 bridgehead atoms. The highest BCUT2D eigenvalue weighted by molar-refractivity contribution is 7.94. The maximum absolute atomic E-state index is 11.6. The topological polar surface area (TPSA) is 52.6 Å². The second-order valence-corrected chi connectivity index (χ2v) is 4.57. The van der Waals surface area contributed by atoms with E-state index in [-0.39, 0.29) is 10.6 Å². The van der Waals surface area contributed by atoms with Crippen molar-refractivity contribution in [2.75, 3.05) is 14.2 Å². The molecule has 1 rings (SSSR count). The van der Waals surface area contributed by atoms with Crippen molar-refractivity contribution in [3.63, 3.8) is 0 Å². The van der Waals surface area contributed by atoms with E-state index in [1.54, 1.807) is 12.1 Å². The maximum Gasteiger partial charge on any atom is 0.203 e. The molecule has 0 fully saturated rings. The zero-order chi connectivity index (χ0) is 11.5. The summed E-state index contributed by atoms with van der Waals surface area (Å²) in [6.07, 6.45) is 0. The summed E-state index contributed by atoms with van der Waals surface area (Å²) < 4.78 is 33.2. The lowest BCUT2D eigenvalue weighted by atomic mass is 10.3. The SMILES string of the molecule is C=CS(=O)(=O)c1cccc(OC)c1OC.